The van der Waals surface area contributed by atoms with E-state index in [-0.39, 0.29) is 31.3 Å². The highest BCUT2D eigenvalue weighted by molar-refractivity contribution is 6.31. The van der Waals surface area contributed by atoms with E-state index in [0.29, 0.717) is 10.7 Å². The molecule has 128 valence electrons. The molecule has 3 rings (SSSR count). The fraction of sp³-hybridized carbons (Fsp3) is 0.167. The number of urea groups is 1. The number of hydrogen-bond donors (Lipinski definition) is 2. The van der Waals surface area contributed by atoms with Gasteiger partial charge in [0.25, 0.3) is 0 Å². The topological polar surface area (TPSA) is 78.5 Å². The van der Waals surface area contributed by atoms with E-state index >= 15 is 0 Å². The standard InChI is InChI=1S/C18H16ClN3O3/c19-15-7-2-1-5-13(15)9-16(23)21-14-6-3-4-12(8-14)11-22-17(24)10-20-18(22)25/h1-8H,9-11H2,(H,20,25)(H,21,23). The van der Waals surface area contributed by atoms with Crippen LogP contribution in [0.4, 0.5) is 10.5 Å². The van der Waals surface area contributed by atoms with Gasteiger partial charge < -0.3 is 10.6 Å². The van der Waals surface area contributed by atoms with E-state index < -0.39 is 6.03 Å². The van der Waals surface area contributed by atoms with Gasteiger partial charge in [0.15, 0.2) is 0 Å². The van der Waals surface area contributed by atoms with Crippen LogP contribution in [0.5, 0.6) is 0 Å². The van der Waals surface area contributed by atoms with E-state index in [1.807, 2.05) is 12.1 Å². The van der Waals surface area contributed by atoms with Gasteiger partial charge in [-0.05, 0) is 29.3 Å². The lowest BCUT2D eigenvalue weighted by Crippen LogP contribution is -2.30. The van der Waals surface area contributed by atoms with Gasteiger partial charge in [-0.15, -0.1) is 0 Å². The van der Waals surface area contributed by atoms with Crippen molar-refractivity contribution in [2.75, 3.05) is 11.9 Å². The molecule has 0 saturated carbocycles. The molecule has 1 aliphatic heterocycles. The molecule has 1 fully saturated rings. The number of benzene rings is 2. The molecule has 0 aliphatic carbocycles. The first kappa shape index (κ1) is 17.0. The van der Waals surface area contributed by atoms with Gasteiger partial charge >= 0.3 is 6.03 Å². The Morgan fingerprint density at radius 2 is 1.96 bits per heavy atom. The van der Waals surface area contributed by atoms with E-state index in [9.17, 15) is 14.4 Å². The van der Waals surface area contributed by atoms with Crippen LogP contribution in [0, 0.1) is 0 Å². The molecule has 0 aromatic heterocycles. The molecule has 1 aliphatic rings. The third kappa shape index (κ3) is 4.16. The molecule has 7 heteroatoms. The van der Waals surface area contributed by atoms with E-state index in [0.717, 1.165) is 16.0 Å². The minimum absolute atomic E-state index is 0.0209. The number of carbonyl (C=O) groups is 3. The summed E-state index contributed by atoms with van der Waals surface area (Å²) in [6.07, 6.45) is 0.164. The fourth-order valence-corrected chi connectivity index (χ4v) is 2.77. The normalized spacial score (nSPS) is 13.7. The molecule has 1 saturated heterocycles. The van der Waals surface area contributed by atoms with Gasteiger partial charge in [0.1, 0.15) is 0 Å². The summed E-state index contributed by atoms with van der Waals surface area (Å²) >= 11 is 6.06. The van der Waals surface area contributed by atoms with E-state index in [4.69, 9.17) is 11.6 Å². The molecular formula is C18H16ClN3O3. The first-order valence-electron chi connectivity index (χ1n) is 7.73. The number of hydrogen-bond acceptors (Lipinski definition) is 3. The van der Waals surface area contributed by atoms with Crippen LogP contribution in [0.2, 0.25) is 5.02 Å². The molecule has 0 radical (unpaired) electrons. The van der Waals surface area contributed by atoms with E-state index in [1.165, 1.54) is 0 Å². The maximum Gasteiger partial charge on any atom is 0.324 e. The van der Waals surface area contributed by atoms with Gasteiger partial charge in [-0.2, -0.15) is 0 Å². The van der Waals surface area contributed by atoms with Gasteiger partial charge in [0, 0.05) is 10.7 Å². The van der Waals surface area contributed by atoms with Crippen molar-refractivity contribution in [2.24, 2.45) is 0 Å². The van der Waals surface area contributed by atoms with Crippen molar-refractivity contribution < 1.29 is 14.4 Å². The second-order valence-electron chi connectivity index (χ2n) is 5.66. The van der Waals surface area contributed by atoms with Crippen LogP contribution >= 0.6 is 11.6 Å². The number of nitrogens with zero attached hydrogens (tertiary/aromatic N) is 1. The van der Waals surface area contributed by atoms with Crippen LogP contribution in [0.15, 0.2) is 48.5 Å². The van der Waals surface area contributed by atoms with Crippen LogP contribution < -0.4 is 10.6 Å². The van der Waals surface area contributed by atoms with E-state index in [2.05, 4.69) is 10.6 Å². The molecule has 2 aromatic rings. The maximum absolute atomic E-state index is 12.2. The molecule has 2 aromatic carbocycles. The van der Waals surface area contributed by atoms with Crippen molar-refractivity contribution in [3.05, 3.63) is 64.7 Å². The second kappa shape index (κ2) is 7.36. The summed E-state index contributed by atoms with van der Waals surface area (Å²) in [7, 11) is 0. The lowest BCUT2D eigenvalue weighted by Gasteiger charge is -2.13. The zero-order chi connectivity index (χ0) is 17.8. The first-order chi connectivity index (χ1) is 12.0. The van der Waals surface area contributed by atoms with Gasteiger partial charge in [0.05, 0.1) is 19.5 Å². The summed E-state index contributed by atoms with van der Waals surface area (Å²) in [4.78, 5) is 36.6. The lowest BCUT2D eigenvalue weighted by atomic mass is 10.1. The first-order valence-corrected chi connectivity index (χ1v) is 8.11. The highest BCUT2D eigenvalue weighted by Crippen LogP contribution is 2.18. The summed E-state index contributed by atoms with van der Waals surface area (Å²) in [6, 6.07) is 13.8. The summed E-state index contributed by atoms with van der Waals surface area (Å²) in [6.45, 7) is 0.186. The van der Waals surface area contributed by atoms with Crippen molar-refractivity contribution in [1.82, 2.24) is 10.2 Å². The Labute approximate surface area is 149 Å². The quantitative estimate of drug-likeness (QED) is 0.807. The molecule has 1 heterocycles. The number of nitrogens with one attached hydrogen (secondary N) is 2. The monoisotopic (exact) mass is 357 g/mol. The number of carbonyl (C=O) groups excluding carboxylic acids is 3. The Bertz CT molecular complexity index is 822. The summed E-state index contributed by atoms with van der Waals surface area (Å²) < 4.78 is 0. The average molecular weight is 358 g/mol. The summed E-state index contributed by atoms with van der Waals surface area (Å²) in [5.74, 6) is -0.460. The molecule has 6 nitrogen and oxygen atoms in total. The number of anilines is 1. The highest BCUT2D eigenvalue weighted by Gasteiger charge is 2.28. The molecule has 0 spiro atoms. The summed E-state index contributed by atoms with van der Waals surface area (Å²) in [5, 5.41) is 5.82. The zero-order valence-corrected chi connectivity index (χ0v) is 14.0. The van der Waals surface area contributed by atoms with Crippen molar-refractivity contribution >= 4 is 35.1 Å². The molecular weight excluding hydrogens is 342 g/mol. The van der Waals surface area contributed by atoms with Crippen molar-refractivity contribution in [1.29, 1.82) is 0 Å². The van der Waals surface area contributed by atoms with Crippen molar-refractivity contribution in [3.63, 3.8) is 0 Å². The minimum Gasteiger partial charge on any atom is -0.329 e. The lowest BCUT2D eigenvalue weighted by molar-refractivity contribution is -0.125. The molecule has 25 heavy (non-hydrogen) atoms. The highest BCUT2D eigenvalue weighted by atomic mass is 35.5. The Morgan fingerprint density at radius 1 is 1.16 bits per heavy atom. The van der Waals surface area contributed by atoms with Crippen molar-refractivity contribution in [3.8, 4) is 0 Å². The molecule has 4 amide bonds. The SMILES string of the molecule is O=C(Cc1ccccc1Cl)Nc1cccc(CN2C(=O)CNC2=O)c1. The fourth-order valence-electron chi connectivity index (χ4n) is 2.57. The van der Waals surface area contributed by atoms with Gasteiger partial charge in [-0.25, -0.2) is 4.79 Å². The van der Waals surface area contributed by atoms with Crippen LogP contribution in [0.1, 0.15) is 11.1 Å². The third-order valence-corrected chi connectivity index (χ3v) is 4.17. The van der Waals surface area contributed by atoms with E-state index in [1.54, 1.807) is 36.4 Å². The minimum atomic E-state index is -0.404. The smallest absolute Gasteiger partial charge is 0.324 e. The van der Waals surface area contributed by atoms with Crippen LogP contribution in [-0.2, 0) is 22.6 Å². The largest absolute Gasteiger partial charge is 0.329 e. The van der Waals surface area contributed by atoms with Gasteiger partial charge in [-0.3, -0.25) is 14.5 Å². The Balaban J connectivity index is 1.65. The van der Waals surface area contributed by atoms with Crippen LogP contribution in [-0.4, -0.2) is 29.3 Å². The summed E-state index contributed by atoms with van der Waals surface area (Å²) in [5.41, 5.74) is 2.10. The van der Waals surface area contributed by atoms with Crippen LogP contribution in [0.25, 0.3) is 0 Å². The molecule has 2 N–H and O–H groups in total. The Hall–Kier alpha value is -2.86. The molecule has 0 unspecified atom stereocenters. The number of amides is 4. The second-order valence-corrected chi connectivity index (χ2v) is 6.06. The Morgan fingerprint density at radius 3 is 2.68 bits per heavy atom. The predicted octanol–water partition coefficient (Wildman–Crippen LogP) is 2.57. The van der Waals surface area contributed by atoms with Crippen LogP contribution in [0.3, 0.4) is 0 Å². The zero-order valence-electron chi connectivity index (χ0n) is 13.3. The molecule has 0 bridgehead atoms. The number of rotatable bonds is 5. The number of imide groups is 1. The van der Waals surface area contributed by atoms with Crippen molar-refractivity contribution in [2.45, 2.75) is 13.0 Å². The van der Waals surface area contributed by atoms with Gasteiger partial charge in [0.2, 0.25) is 11.8 Å². The number of halogens is 1. The molecule has 0 atom stereocenters. The maximum atomic E-state index is 12.2. The Kier molecular flexibility index (Phi) is 5.00. The average Bonchev–Trinajstić information content (AvgIpc) is 2.89. The predicted molar refractivity (Wildman–Crippen MR) is 94.2 cm³/mol. The van der Waals surface area contributed by atoms with Gasteiger partial charge in [-0.1, -0.05) is 41.9 Å². The third-order valence-electron chi connectivity index (χ3n) is 3.80.